The van der Waals surface area contributed by atoms with E-state index in [9.17, 15) is 4.79 Å². The molecule has 1 amide bonds. The highest BCUT2D eigenvalue weighted by molar-refractivity contribution is 5.94. The number of hydrogen-bond acceptors (Lipinski definition) is 3. The summed E-state index contributed by atoms with van der Waals surface area (Å²) < 4.78 is 0. The van der Waals surface area contributed by atoms with Crippen LogP contribution in [-0.4, -0.2) is 31.0 Å². The molecular formula is C18H23N3O. The summed E-state index contributed by atoms with van der Waals surface area (Å²) in [7, 11) is 1.72. The molecule has 0 saturated carbocycles. The zero-order valence-electron chi connectivity index (χ0n) is 13.5. The quantitative estimate of drug-likeness (QED) is 0.927. The molecule has 22 heavy (non-hydrogen) atoms. The molecule has 1 N–H and O–H groups in total. The number of carbonyl (C=O) groups excluding carboxylic acids is 1. The van der Waals surface area contributed by atoms with Gasteiger partial charge in [-0.2, -0.15) is 0 Å². The first-order valence-corrected chi connectivity index (χ1v) is 7.94. The molecule has 1 saturated heterocycles. The lowest BCUT2D eigenvalue weighted by Gasteiger charge is -2.35. The van der Waals surface area contributed by atoms with E-state index in [1.165, 1.54) is 16.6 Å². The van der Waals surface area contributed by atoms with Crippen LogP contribution in [0.4, 0.5) is 5.69 Å². The number of pyridine rings is 1. The number of benzene rings is 1. The molecule has 1 aliphatic heterocycles. The number of carbonyl (C=O) groups is 1. The second-order valence-electron chi connectivity index (χ2n) is 6.09. The minimum Gasteiger partial charge on any atom is -0.370 e. The Morgan fingerprint density at radius 2 is 2.09 bits per heavy atom. The summed E-state index contributed by atoms with van der Waals surface area (Å²) in [5.41, 5.74) is 4.56. The summed E-state index contributed by atoms with van der Waals surface area (Å²) in [6, 6.07) is 8.28. The van der Waals surface area contributed by atoms with Gasteiger partial charge in [0.25, 0.3) is 0 Å². The van der Waals surface area contributed by atoms with Gasteiger partial charge >= 0.3 is 0 Å². The molecule has 1 aromatic heterocycles. The van der Waals surface area contributed by atoms with Crippen LogP contribution in [0.15, 0.2) is 24.3 Å². The van der Waals surface area contributed by atoms with Gasteiger partial charge in [-0.05, 0) is 38.3 Å². The zero-order valence-corrected chi connectivity index (χ0v) is 13.5. The molecule has 2 heterocycles. The minimum absolute atomic E-state index is 0.0744. The number of aryl methyl sites for hydroxylation is 1. The van der Waals surface area contributed by atoms with Crippen LogP contribution >= 0.6 is 0 Å². The summed E-state index contributed by atoms with van der Waals surface area (Å²) >= 11 is 0. The molecule has 2 aromatic rings. The molecule has 0 bridgehead atoms. The number of amides is 1. The van der Waals surface area contributed by atoms with Crippen LogP contribution < -0.4 is 10.2 Å². The lowest BCUT2D eigenvalue weighted by molar-refractivity contribution is -0.124. The van der Waals surface area contributed by atoms with Crippen molar-refractivity contribution >= 4 is 22.5 Å². The van der Waals surface area contributed by atoms with Crippen molar-refractivity contribution in [3.05, 3.63) is 35.5 Å². The Bertz CT molecular complexity index is 711. The van der Waals surface area contributed by atoms with Gasteiger partial charge < -0.3 is 10.2 Å². The molecule has 0 unspecified atom stereocenters. The Labute approximate surface area is 131 Å². The van der Waals surface area contributed by atoms with Crippen molar-refractivity contribution in [3.8, 4) is 0 Å². The Hall–Kier alpha value is -2.10. The fourth-order valence-electron chi connectivity index (χ4n) is 3.42. The summed E-state index contributed by atoms with van der Waals surface area (Å²) in [4.78, 5) is 19.1. The fourth-order valence-corrected chi connectivity index (χ4v) is 3.42. The third-order valence-corrected chi connectivity index (χ3v) is 4.70. The topological polar surface area (TPSA) is 45.2 Å². The van der Waals surface area contributed by atoms with E-state index in [4.69, 9.17) is 4.98 Å². The maximum absolute atomic E-state index is 12.0. The number of para-hydroxylation sites is 1. The predicted octanol–water partition coefficient (Wildman–Crippen LogP) is 2.81. The van der Waals surface area contributed by atoms with E-state index in [2.05, 4.69) is 42.3 Å². The number of aromatic nitrogens is 1. The van der Waals surface area contributed by atoms with Gasteiger partial charge in [0.15, 0.2) is 0 Å². The van der Waals surface area contributed by atoms with Gasteiger partial charge in [-0.25, -0.2) is 0 Å². The highest BCUT2D eigenvalue weighted by Crippen LogP contribution is 2.33. The molecule has 3 rings (SSSR count). The second kappa shape index (κ2) is 5.95. The SMILES string of the molecule is CNC(=O)[C@@H]1CCCN(c2c(C)c(C)nc3ccccc23)C1. The number of rotatable bonds is 2. The van der Waals surface area contributed by atoms with Gasteiger partial charge in [-0.1, -0.05) is 18.2 Å². The first-order chi connectivity index (χ1) is 10.6. The van der Waals surface area contributed by atoms with Crippen LogP contribution in [0.5, 0.6) is 0 Å². The smallest absolute Gasteiger partial charge is 0.224 e. The lowest BCUT2D eigenvalue weighted by atomic mass is 9.95. The number of hydrogen-bond donors (Lipinski definition) is 1. The van der Waals surface area contributed by atoms with E-state index in [1.54, 1.807) is 7.05 Å². The highest BCUT2D eigenvalue weighted by Gasteiger charge is 2.27. The van der Waals surface area contributed by atoms with Gasteiger partial charge in [0.05, 0.1) is 17.1 Å². The lowest BCUT2D eigenvalue weighted by Crippen LogP contribution is -2.42. The van der Waals surface area contributed by atoms with Crippen LogP contribution in [0.25, 0.3) is 10.9 Å². The zero-order chi connectivity index (χ0) is 15.7. The van der Waals surface area contributed by atoms with Gasteiger partial charge in [0.1, 0.15) is 0 Å². The molecule has 0 aliphatic carbocycles. The van der Waals surface area contributed by atoms with Gasteiger partial charge in [-0.15, -0.1) is 0 Å². The Morgan fingerprint density at radius 3 is 2.86 bits per heavy atom. The number of nitrogens with zero attached hydrogens (tertiary/aromatic N) is 2. The monoisotopic (exact) mass is 297 g/mol. The Morgan fingerprint density at radius 1 is 1.32 bits per heavy atom. The molecule has 1 aliphatic rings. The van der Waals surface area contributed by atoms with E-state index < -0.39 is 0 Å². The number of piperidine rings is 1. The number of anilines is 1. The number of nitrogens with one attached hydrogen (secondary N) is 1. The Kier molecular flexibility index (Phi) is 4.01. The van der Waals surface area contributed by atoms with E-state index in [1.807, 2.05) is 6.07 Å². The fraction of sp³-hybridized carbons (Fsp3) is 0.444. The predicted molar refractivity (Wildman–Crippen MR) is 90.2 cm³/mol. The summed E-state index contributed by atoms with van der Waals surface area (Å²) in [5, 5.41) is 3.98. The van der Waals surface area contributed by atoms with E-state index in [0.29, 0.717) is 0 Å². The van der Waals surface area contributed by atoms with E-state index in [0.717, 1.165) is 37.1 Å². The molecule has 1 aromatic carbocycles. The first kappa shape index (κ1) is 14.8. The van der Waals surface area contributed by atoms with Crippen LogP contribution in [0.2, 0.25) is 0 Å². The van der Waals surface area contributed by atoms with Crippen molar-refractivity contribution in [1.29, 1.82) is 0 Å². The third kappa shape index (κ3) is 2.54. The standard InChI is InChI=1S/C18H23N3O/c1-12-13(2)20-16-9-5-4-8-15(16)17(12)21-10-6-7-14(11-21)18(22)19-3/h4-5,8-9,14H,6-7,10-11H2,1-3H3,(H,19,22)/t14-/m1/s1. The Balaban J connectivity index is 2.05. The average Bonchev–Trinajstić information content (AvgIpc) is 2.55. The summed E-state index contributed by atoms with van der Waals surface area (Å²) in [6.45, 7) is 5.98. The molecule has 1 atom stereocenters. The minimum atomic E-state index is 0.0744. The highest BCUT2D eigenvalue weighted by atomic mass is 16.1. The van der Waals surface area contributed by atoms with Crippen molar-refractivity contribution in [3.63, 3.8) is 0 Å². The van der Waals surface area contributed by atoms with Crippen molar-refractivity contribution in [2.75, 3.05) is 25.0 Å². The largest absolute Gasteiger partial charge is 0.370 e. The maximum Gasteiger partial charge on any atom is 0.224 e. The van der Waals surface area contributed by atoms with Crippen LogP contribution in [0.1, 0.15) is 24.1 Å². The average molecular weight is 297 g/mol. The summed E-state index contributed by atoms with van der Waals surface area (Å²) in [6.07, 6.45) is 2.02. The van der Waals surface area contributed by atoms with Gasteiger partial charge in [-0.3, -0.25) is 9.78 Å². The molecule has 116 valence electrons. The summed E-state index contributed by atoms with van der Waals surface area (Å²) in [5.74, 6) is 0.225. The van der Waals surface area contributed by atoms with Crippen LogP contribution in [-0.2, 0) is 4.79 Å². The third-order valence-electron chi connectivity index (χ3n) is 4.70. The van der Waals surface area contributed by atoms with E-state index >= 15 is 0 Å². The first-order valence-electron chi connectivity index (χ1n) is 7.94. The van der Waals surface area contributed by atoms with Crippen molar-refractivity contribution < 1.29 is 4.79 Å². The van der Waals surface area contributed by atoms with Crippen molar-refractivity contribution in [1.82, 2.24) is 10.3 Å². The normalized spacial score (nSPS) is 18.5. The number of fused-ring (bicyclic) bond motifs is 1. The van der Waals surface area contributed by atoms with Crippen molar-refractivity contribution in [2.45, 2.75) is 26.7 Å². The van der Waals surface area contributed by atoms with Crippen molar-refractivity contribution in [2.24, 2.45) is 5.92 Å². The molecule has 4 nitrogen and oxygen atoms in total. The van der Waals surface area contributed by atoms with Crippen LogP contribution in [0, 0.1) is 19.8 Å². The van der Waals surface area contributed by atoms with E-state index in [-0.39, 0.29) is 11.8 Å². The maximum atomic E-state index is 12.0. The molecule has 1 fully saturated rings. The van der Waals surface area contributed by atoms with Gasteiger partial charge in [0, 0.05) is 31.2 Å². The second-order valence-corrected chi connectivity index (χ2v) is 6.09. The molecule has 4 heteroatoms. The molecular weight excluding hydrogens is 274 g/mol. The molecule has 0 spiro atoms. The van der Waals surface area contributed by atoms with Crippen LogP contribution in [0.3, 0.4) is 0 Å². The van der Waals surface area contributed by atoms with Gasteiger partial charge in [0.2, 0.25) is 5.91 Å². The molecule has 0 radical (unpaired) electrons.